The van der Waals surface area contributed by atoms with E-state index >= 15 is 0 Å². The first kappa shape index (κ1) is 14.5. The zero-order valence-electron chi connectivity index (χ0n) is 12.4. The number of hydrogen-bond donors (Lipinski definition) is 1. The molecule has 1 aliphatic heterocycles. The largest absolute Gasteiger partial charge is 0.480 e. The van der Waals surface area contributed by atoms with Gasteiger partial charge >= 0.3 is 0 Å². The molecule has 6 heteroatoms. The van der Waals surface area contributed by atoms with Gasteiger partial charge in [-0.3, -0.25) is 4.79 Å². The highest BCUT2D eigenvalue weighted by atomic mass is 32.2. The normalized spacial score (nSPS) is 16.1. The van der Waals surface area contributed by atoms with E-state index < -0.39 is 6.10 Å². The van der Waals surface area contributed by atoms with Crippen LogP contribution in [-0.4, -0.2) is 23.3 Å². The number of carbonyl (C=O) groups is 1. The van der Waals surface area contributed by atoms with Crippen molar-refractivity contribution in [3.05, 3.63) is 48.0 Å². The number of anilines is 1. The first-order valence-electron chi connectivity index (χ1n) is 7.23. The first-order chi connectivity index (χ1) is 11.2. The molecule has 0 spiro atoms. The summed E-state index contributed by atoms with van der Waals surface area (Å²) < 4.78 is 7.82. The van der Waals surface area contributed by atoms with E-state index in [1.165, 1.54) is 0 Å². The molecule has 2 heterocycles. The number of fused-ring (bicyclic) bond motifs is 2. The Morgan fingerprint density at radius 3 is 3.04 bits per heavy atom. The van der Waals surface area contributed by atoms with Crippen LogP contribution >= 0.6 is 23.1 Å². The molecular weight excluding hydrogens is 328 g/mol. The van der Waals surface area contributed by atoms with Crippen LogP contribution in [0.2, 0.25) is 0 Å². The lowest BCUT2D eigenvalue weighted by atomic mass is 10.1. The third-order valence-electron chi connectivity index (χ3n) is 3.75. The Morgan fingerprint density at radius 1 is 1.35 bits per heavy atom. The van der Waals surface area contributed by atoms with E-state index in [2.05, 4.69) is 10.3 Å². The summed E-state index contributed by atoms with van der Waals surface area (Å²) >= 11 is 3.26. The lowest BCUT2D eigenvalue weighted by Crippen LogP contribution is -2.31. The van der Waals surface area contributed by atoms with Gasteiger partial charge in [-0.15, -0.1) is 11.3 Å². The van der Waals surface area contributed by atoms with Gasteiger partial charge in [0.25, 0.3) is 5.91 Å². The number of amides is 1. The maximum atomic E-state index is 12.4. The molecule has 4 rings (SSSR count). The van der Waals surface area contributed by atoms with Crippen LogP contribution in [-0.2, 0) is 11.2 Å². The van der Waals surface area contributed by atoms with Gasteiger partial charge < -0.3 is 10.1 Å². The van der Waals surface area contributed by atoms with Crippen molar-refractivity contribution in [3.63, 3.8) is 0 Å². The maximum absolute atomic E-state index is 12.4. The molecule has 2 aromatic carbocycles. The highest BCUT2D eigenvalue weighted by Crippen LogP contribution is 2.31. The molecule has 1 aliphatic rings. The SMILES string of the molecule is CSc1nc2ccc(NC(=O)[C@@H]3Cc4ccccc4O3)cc2s1. The molecule has 0 bridgehead atoms. The van der Waals surface area contributed by atoms with E-state index in [0.29, 0.717) is 6.42 Å². The number of hydrogen-bond acceptors (Lipinski definition) is 5. The van der Waals surface area contributed by atoms with E-state index in [0.717, 1.165) is 31.6 Å². The van der Waals surface area contributed by atoms with Crippen molar-refractivity contribution in [1.82, 2.24) is 4.98 Å². The van der Waals surface area contributed by atoms with Crippen molar-refractivity contribution in [2.45, 2.75) is 16.9 Å². The van der Waals surface area contributed by atoms with Crippen molar-refractivity contribution >= 4 is 44.9 Å². The zero-order chi connectivity index (χ0) is 15.8. The van der Waals surface area contributed by atoms with Gasteiger partial charge in [0.1, 0.15) is 5.75 Å². The Balaban J connectivity index is 1.51. The van der Waals surface area contributed by atoms with Crippen molar-refractivity contribution in [2.75, 3.05) is 11.6 Å². The van der Waals surface area contributed by atoms with Gasteiger partial charge in [0, 0.05) is 12.1 Å². The fourth-order valence-electron chi connectivity index (χ4n) is 2.62. The Kier molecular flexibility index (Phi) is 3.71. The number of carbonyl (C=O) groups excluding carboxylic acids is 1. The van der Waals surface area contributed by atoms with Crippen molar-refractivity contribution < 1.29 is 9.53 Å². The first-order valence-corrected chi connectivity index (χ1v) is 9.27. The smallest absolute Gasteiger partial charge is 0.265 e. The summed E-state index contributed by atoms with van der Waals surface area (Å²) in [6.07, 6.45) is 2.16. The Morgan fingerprint density at radius 2 is 2.22 bits per heavy atom. The molecule has 0 unspecified atom stereocenters. The average Bonchev–Trinajstić information content (AvgIpc) is 3.17. The highest BCUT2D eigenvalue weighted by molar-refractivity contribution is 8.00. The van der Waals surface area contributed by atoms with Crippen LogP contribution in [0.25, 0.3) is 10.2 Å². The number of ether oxygens (including phenoxy) is 1. The van der Waals surface area contributed by atoms with Crippen LogP contribution < -0.4 is 10.1 Å². The van der Waals surface area contributed by atoms with Gasteiger partial charge in [0.2, 0.25) is 0 Å². The monoisotopic (exact) mass is 342 g/mol. The summed E-state index contributed by atoms with van der Waals surface area (Å²) in [4.78, 5) is 16.9. The molecule has 0 saturated heterocycles. The quantitative estimate of drug-likeness (QED) is 0.732. The molecular formula is C17H14N2O2S2. The predicted molar refractivity (Wildman–Crippen MR) is 94.6 cm³/mol. The lowest BCUT2D eigenvalue weighted by molar-refractivity contribution is -0.122. The predicted octanol–water partition coefficient (Wildman–Crippen LogP) is 3.96. The summed E-state index contributed by atoms with van der Waals surface area (Å²) in [6.45, 7) is 0. The van der Waals surface area contributed by atoms with Crippen LogP contribution in [0.3, 0.4) is 0 Å². The average molecular weight is 342 g/mol. The Bertz CT molecular complexity index is 866. The summed E-state index contributed by atoms with van der Waals surface area (Å²) in [5, 5.41) is 2.95. The molecule has 0 saturated carbocycles. The zero-order valence-corrected chi connectivity index (χ0v) is 14.0. The van der Waals surface area contributed by atoms with Crippen molar-refractivity contribution in [3.8, 4) is 5.75 Å². The Labute approximate surface area is 141 Å². The molecule has 116 valence electrons. The molecule has 0 aliphatic carbocycles. The number of benzene rings is 2. The number of nitrogens with zero attached hydrogens (tertiary/aromatic N) is 1. The third kappa shape index (κ3) is 2.80. The second kappa shape index (κ2) is 5.86. The standard InChI is InChI=1S/C17H14N2O2S2/c1-22-17-19-12-7-6-11(9-15(12)23-17)18-16(20)14-8-10-4-2-3-5-13(10)21-14/h2-7,9,14H,8H2,1H3,(H,18,20)/t14-/m0/s1. The third-order valence-corrected chi connectivity index (χ3v) is 5.75. The van der Waals surface area contributed by atoms with E-state index in [4.69, 9.17) is 4.74 Å². The molecule has 1 amide bonds. The van der Waals surface area contributed by atoms with Crippen LogP contribution in [0, 0.1) is 0 Å². The number of rotatable bonds is 3. The molecule has 4 nitrogen and oxygen atoms in total. The molecule has 1 atom stereocenters. The van der Waals surface area contributed by atoms with Gasteiger partial charge in [0.15, 0.2) is 10.4 Å². The van der Waals surface area contributed by atoms with Crippen LogP contribution in [0.1, 0.15) is 5.56 Å². The highest BCUT2D eigenvalue weighted by Gasteiger charge is 2.28. The molecule has 1 N–H and O–H groups in total. The van der Waals surface area contributed by atoms with Gasteiger partial charge in [-0.1, -0.05) is 30.0 Å². The number of para-hydroxylation sites is 1. The number of thioether (sulfide) groups is 1. The number of nitrogens with one attached hydrogen (secondary N) is 1. The summed E-state index contributed by atoms with van der Waals surface area (Å²) in [6, 6.07) is 13.6. The summed E-state index contributed by atoms with van der Waals surface area (Å²) in [5.74, 6) is 0.685. The van der Waals surface area contributed by atoms with E-state index in [1.807, 2.05) is 48.7 Å². The minimum atomic E-state index is -0.466. The van der Waals surface area contributed by atoms with Gasteiger partial charge in [-0.2, -0.15) is 0 Å². The van der Waals surface area contributed by atoms with E-state index in [9.17, 15) is 4.79 Å². The molecule has 0 fully saturated rings. The molecule has 0 radical (unpaired) electrons. The van der Waals surface area contributed by atoms with Crippen LogP contribution in [0.5, 0.6) is 5.75 Å². The fraction of sp³-hybridized carbons (Fsp3) is 0.176. The van der Waals surface area contributed by atoms with Gasteiger partial charge in [-0.05, 0) is 36.1 Å². The second-order valence-corrected chi connectivity index (χ2v) is 7.36. The van der Waals surface area contributed by atoms with Gasteiger partial charge in [0.05, 0.1) is 10.2 Å². The van der Waals surface area contributed by atoms with Crippen molar-refractivity contribution in [2.24, 2.45) is 0 Å². The van der Waals surface area contributed by atoms with E-state index in [-0.39, 0.29) is 5.91 Å². The van der Waals surface area contributed by atoms with Crippen LogP contribution in [0.15, 0.2) is 46.8 Å². The Hall–Kier alpha value is -2.05. The fourth-order valence-corrected chi connectivity index (χ4v) is 4.15. The number of aromatic nitrogens is 1. The van der Waals surface area contributed by atoms with Crippen LogP contribution in [0.4, 0.5) is 5.69 Å². The number of thiazole rings is 1. The molecule has 1 aromatic heterocycles. The second-order valence-electron chi connectivity index (χ2n) is 5.27. The minimum Gasteiger partial charge on any atom is -0.480 e. The van der Waals surface area contributed by atoms with Gasteiger partial charge in [-0.25, -0.2) is 4.98 Å². The molecule has 23 heavy (non-hydrogen) atoms. The molecule has 3 aromatic rings. The maximum Gasteiger partial charge on any atom is 0.265 e. The topological polar surface area (TPSA) is 51.2 Å². The minimum absolute atomic E-state index is 0.116. The summed E-state index contributed by atoms with van der Waals surface area (Å²) in [5.41, 5.74) is 2.82. The lowest BCUT2D eigenvalue weighted by Gasteiger charge is -2.11. The summed E-state index contributed by atoms with van der Waals surface area (Å²) in [7, 11) is 0. The van der Waals surface area contributed by atoms with E-state index in [1.54, 1.807) is 23.1 Å². The van der Waals surface area contributed by atoms with Crippen molar-refractivity contribution in [1.29, 1.82) is 0 Å².